The van der Waals surface area contributed by atoms with Crippen molar-refractivity contribution >= 4 is 5.78 Å². The van der Waals surface area contributed by atoms with Crippen molar-refractivity contribution in [3.8, 4) is 23.0 Å². The van der Waals surface area contributed by atoms with Crippen molar-refractivity contribution in [2.24, 2.45) is 0 Å². The Morgan fingerprint density at radius 2 is 1.27 bits per heavy atom. The number of para-hydroxylation sites is 3. The Morgan fingerprint density at radius 3 is 1.87 bits per heavy atom. The molecule has 0 aliphatic heterocycles. The van der Waals surface area contributed by atoms with Crippen molar-refractivity contribution in [3.05, 3.63) is 106 Å². The number of rotatable bonds is 6. The second-order valence-corrected chi connectivity index (χ2v) is 6.84. The van der Waals surface area contributed by atoms with Gasteiger partial charge in [0.15, 0.2) is 5.78 Å². The number of hydrogen-bond acceptors (Lipinski definition) is 4. The summed E-state index contributed by atoms with van der Waals surface area (Å²) in [6.45, 7) is 0. The van der Waals surface area contributed by atoms with E-state index >= 15 is 0 Å². The molecule has 0 saturated heterocycles. The fraction of sp³-hybridized carbons (Fsp3) is 0.0833. The van der Waals surface area contributed by atoms with Crippen LogP contribution >= 0.6 is 0 Å². The van der Waals surface area contributed by atoms with Gasteiger partial charge in [-0.2, -0.15) is 0 Å². The van der Waals surface area contributed by atoms with E-state index in [4.69, 9.17) is 0 Å². The highest BCUT2D eigenvalue weighted by Gasteiger charge is 2.23. The summed E-state index contributed by atoms with van der Waals surface area (Å²) in [6.07, 6.45) is 0.0263. The zero-order valence-electron chi connectivity index (χ0n) is 16.1. The number of nitrogens with zero attached hydrogens (tertiary/aromatic N) is 2. The highest BCUT2D eigenvalue weighted by atomic mass is 16.3. The maximum atomic E-state index is 13.2. The van der Waals surface area contributed by atoms with E-state index < -0.39 is 5.56 Å². The smallest absolute Gasteiger partial charge is 0.278 e. The summed E-state index contributed by atoms with van der Waals surface area (Å²) in [6, 6.07) is 24.3. The molecule has 6 nitrogen and oxygen atoms in total. The molecular weight excluding hydrogens is 380 g/mol. The third-order valence-electron chi connectivity index (χ3n) is 4.93. The summed E-state index contributed by atoms with van der Waals surface area (Å²) >= 11 is 0. The van der Waals surface area contributed by atoms with Gasteiger partial charge in [-0.15, -0.1) is 0 Å². The first-order valence-corrected chi connectivity index (χ1v) is 9.56. The van der Waals surface area contributed by atoms with Crippen LogP contribution < -0.4 is 5.56 Å². The van der Waals surface area contributed by atoms with Gasteiger partial charge in [0.2, 0.25) is 5.88 Å². The maximum Gasteiger partial charge on any atom is 0.278 e. The monoisotopic (exact) mass is 400 g/mol. The first-order chi connectivity index (χ1) is 14.6. The lowest BCUT2D eigenvalue weighted by Gasteiger charge is -2.12. The van der Waals surface area contributed by atoms with Crippen LogP contribution in [0.3, 0.4) is 0 Å². The van der Waals surface area contributed by atoms with E-state index in [2.05, 4.69) is 0 Å². The van der Waals surface area contributed by atoms with Crippen LogP contribution in [-0.2, 0) is 6.42 Å². The lowest BCUT2D eigenvalue weighted by molar-refractivity contribution is 0.0980. The molecule has 6 heteroatoms. The second-order valence-electron chi connectivity index (χ2n) is 6.84. The fourth-order valence-electron chi connectivity index (χ4n) is 3.45. The van der Waals surface area contributed by atoms with Gasteiger partial charge < -0.3 is 10.2 Å². The molecule has 2 N–H and O–H groups in total. The summed E-state index contributed by atoms with van der Waals surface area (Å²) in [7, 11) is 0. The Labute approximate surface area is 172 Å². The number of aromatic nitrogens is 2. The van der Waals surface area contributed by atoms with E-state index in [0.717, 1.165) is 0 Å². The van der Waals surface area contributed by atoms with Crippen LogP contribution in [0.2, 0.25) is 0 Å². The fourth-order valence-corrected chi connectivity index (χ4v) is 3.45. The molecule has 0 aliphatic carbocycles. The topological polar surface area (TPSA) is 84.5 Å². The zero-order valence-corrected chi connectivity index (χ0v) is 16.1. The van der Waals surface area contributed by atoms with E-state index in [1.807, 2.05) is 36.4 Å². The van der Waals surface area contributed by atoms with Gasteiger partial charge in [0.25, 0.3) is 5.56 Å². The quantitative estimate of drug-likeness (QED) is 0.482. The minimum atomic E-state index is -0.396. The zero-order chi connectivity index (χ0) is 21.1. The third kappa shape index (κ3) is 3.51. The number of hydrogen-bond donors (Lipinski definition) is 2. The van der Waals surface area contributed by atoms with Gasteiger partial charge in [-0.3, -0.25) is 9.59 Å². The lowest BCUT2D eigenvalue weighted by atomic mass is 10.0. The molecule has 3 aromatic carbocycles. The SMILES string of the molecule is O=C(CCc1c(O)n(-c2ccccc2)n(-c2ccccc2)c1=O)c1ccccc1O. The Kier molecular flexibility index (Phi) is 5.22. The first kappa shape index (κ1) is 19.3. The molecule has 150 valence electrons. The van der Waals surface area contributed by atoms with Crippen LogP contribution in [0.1, 0.15) is 22.3 Å². The van der Waals surface area contributed by atoms with Crippen molar-refractivity contribution in [3.63, 3.8) is 0 Å². The van der Waals surface area contributed by atoms with Gasteiger partial charge >= 0.3 is 0 Å². The predicted molar refractivity (Wildman–Crippen MR) is 114 cm³/mol. The molecule has 0 spiro atoms. The van der Waals surface area contributed by atoms with Crippen molar-refractivity contribution in [1.29, 1.82) is 0 Å². The highest BCUT2D eigenvalue weighted by molar-refractivity contribution is 5.98. The number of Topliss-reactive ketones (excluding diaryl/α,β-unsaturated/α-hetero) is 1. The number of benzene rings is 3. The lowest BCUT2D eigenvalue weighted by Crippen LogP contribution is -2.22. The molecule has 0 bridgehead atoms. The molecule has 1 heterocycles. The summed E-state index contributed by atoms with van der Waals surface area (Å²) in [5, 5.41) is 20.8. The van der Waals surface area contributed by atoms with E-state index in [-0.39, 0.29) is 41.4 Å². The molecule has 0 unspecified atom stereocenters. The molecule has 0 fully saturated rings. The van der Waals surface area contributed by atoms with Gasteiger partial charge in [-0.25, -0.2) is 9.36 Å². The predicted octanol–water partition coefficient (Wildman–Crippen LogP) is 3.85. The summed E-state index contributed by atoms with van der Waals surface area (Å²) in [4.78, 5) is 25.8. The summed E-state index contributed by atoms with van der Waals surface area (Å²) < 4.78 is 2.84. The molecule has 0 saturated carbocycles. The number of aromatic hydroxyl groups is 2. The summed E-state index contributed by atoms with van der Waals surface area (Å²) in [5.74, 6) is -0.610. The van der Waals surface area contributed by atoms with Crippen LogP contribution in [0, 0.1) is 0 Å². The minimum Gasteiger partial charge on any atom is -0.507 e. The van der Waals surface area contributed by atoms with Crippen molar-refractivity contribution < 1.29 is 15.0 Å². The number of ketones is 1. The van der Waals surface area contributed by atoms with Crippen molar-refractivity contribution in [2.45, 2.75) is 12.8 Å². The minimum absolute atomic E-state index is 0.0199. The molecule has 0 aliphatic rings. The van der Waals surface area contributed by atoms with Crippen LogP contribution in [0.15, 0.2) is 89.7 Å². The Balaban J connectivity index is 1.76. The van der Waals surface area contributed by atoms with E-state index in [1.54, 1.807) is 36.4 Å². The summed E-state index contributed by atoms with van der Waals surface area (Å²) in [5.41, 5.74) is 1.16. The number of carbonyl (C=O) groups excluding carboxylic acids is 1. The molecular formula is C24H20N2O4. The molecule has 0 amide bonds. The average Bonchev–Trinajstić information content (AvgIpc) is 3.03. The number of phenols is 1. The van der Waals surface area contributed by atoms with E-state index in [1.165, 1.54) is 21.5 Å². The van der Waals surface area contributed by atoms with Gasteiger partial charge in [0.05, 0.1) is 22.5 Å². The maximum absolute atomic E-state index is 13.2. The molecule has 0 atom stereocenters. The molecule has 0 radical (unpaired) electrons. The molecule has 1 aromatic heterocycles. The van der Waals surface area contributed by atoms with Crippen LogP contribution in [-0.4, -0.2) is 25.4 Å². The Hall–Kier alpha value is -4.06. The molecule has 30 heavy (non-hydrogen) atoms. The Bertz CT molecular complexity index is 1240. The van der Waals surface area contributed by atoms with Crippen LogP contribution in [0.25, 0.3) is 11.4 Å². The van der Waals surface area contributed by atoms with E-state index in [0.29, 0.717) is 11.4 Å². The second kappa shape index (κ2) is 8.13. The van der Waals surface area contributed by atoms with Gasteiger partial charge in [0.1, 0.15) is 5.75 Å². The van der Waals surface area contributed by atoms with Crippen LogP contribution in [0.5, 0.6) is 11.6 Å². The average molecular weight is 400 g/mol. The van der Waals surface area contributed by atoms with E-state index in [9.17, 15) is 19.8 Å². The molecule has 4 aromatic rings. The normalized spacial score (nSPS) is 10.8. The number of phenolic OH excluding ortho intramolecular Hbond substituents is 1. The van der Waals surface area contributed by atoms with Gasteiger partial charge in [0, 0.05) is 6.42 Å². The Morgan fingerprint density at radius 1 is 0.733 bits per heavy atom. The van der Waals surface area contributed by atoms with Crippen molar-refractivity contribution in [1.82, 2.24) is 9.36 Å². The first-order valence-electron chi connectivity index (χ1n) is 9.56. The standard InChI is InChI=1S/C24H20N2O4/c27-21-14-8-7-13-19(21)22(28)16-15-20-23(29)25(17-9-3-1-4-10-17)26(24(20)30)18-11-5-2-6-12-18/h1-14,27,29H,15-16H2. The third-order valence-corrected chi connectivity index (χ3v) is 4.93. The molecule has 4 rings (SSSR count). The van der Waals surface area contributed by atoms with Gasteiger partial charge in [-0.1, -0.05) is 48.5 Å². The van der Waals surface area contributed by atoms with Gasteiger partial charge in [-0.05, 0) is 42.8 Å². The van der Waals surface area contributed by atoms with Crippen molar-refractivity contribution in [2.75, 3.05) is 0 Å². The largest absolute Gasteiger partial charge is 0.507 e. The number of carbonyl (C=O) groups is 1. The highest BCUT2D eigenvalue weighted by Crippen LogP contribution is 2.25. The van der Waals surface area contributed by atoms with Crippen LogP contribution in [0.4, 0.5) is 0 Å².